The van der Waals surface area contributed by atoms with E-state index in [1.54, 1.807) is 13.0 Å². The van der Waals surface area contributed by atoms with E-state index in [1.165, 1.54) is 11.6 Å². The van der Waals surface area contributed by atoms with Gasteiger partial charge in [0.1, 0.15) is 11.5 Å². The summed E-state index contributed by atoms with van der Waals surface area (Å²) in [5.41, 5.74) is 4.29. The van der Waals surface area contributed by atoms with E-state index < -0.39 is 0 Å². The fourth-order valence-electron chi connectivity index (χ4n) is 1.99. The summed E-state index contributed by atoms with van der Waals surface area (Å²) in [4.78, 5) is 4.49. The molecule has 18 heavy (non-hydrogen) atoms. The Kier molecular flexibility index (Phi) is 2.40. The van der Waals surface area contributed by atoms with E-state index in [4.69, 9.17) is 0 Å². The molecule has 0 saturated carbocycles. The number of nitrogens with zero attached hydrogens (tertiary/aromatic N) is 2. The number of halogens is 1. The first kappa shape index (κ1) is 11.0. The van der Waals surface area contributed by atoms with Crippen LogP contribution in [0.1, 0.15) is 11.1 Å². The highest BCUT2D eigenvalue weighted by molar-refractivity contribution is 5.63. The van der Waals surface area contributed by atoms with E-state index >= 15 is 0 Å². The molecule has 0 spiro atoms. The maximum atomic E-state index is 13.5. The molecule has 0 saturated heterocycles. The number of benzene rings is 1. The van der Waals surface area contributed by atoms with Gasteiger partial charge in [0, 0.05) is 18.0 Å². The van der Waals surface area contributed by atoms with Crippen LogP contribution < -0.4 is 0 Å². The van der Waals surface area contributed by atoms with E-state index in [2.05, 4.69) is 4.98 Å². The van der Waals surface area contributed by atoms with Crippen LogP contribution in [0, 0.1) is 19.7 Å². The summed E-state index contributed by atoms with van der Waals surface area (Å²) in [7, 11) is 0. The number of hydrogen-bond donors (Lipinski definition) is 0. The molecular weight excluding hydrogens is 227 g/mol. The molecule has 90 valence electrons. The largest absolute Gasteiger partial charge is 0.306 e. The van der Waals surface area contributed by atoms with Crippen LogP contribution in [-0.4, -0.2) is 9.38 Å². The molecule has 1 aromatic carbocycles. The predicted molar refractivity (Wildman–Crippen MR) is 70.1 cm³/mol. The summed E-state index contributed by atoms with van der Waals surface area (Å²) in [6, 6.07) is 9.18. The molecule has 0 atom stereocenters. The SMILES string of the molecule is Cc1ccc2nc(-c3ccc(C)c(F)c3)cn2c1. The molecule has 0 aliphatic heterocycles. The van der Waals surface area contributed by atoms with E-state index in [-0.39, 0.29) is 5.82 Å². The average Bonchev–Trinajstić information content (AvgIpc) is 2.75. The molecule has 0 aliphatic rings. The summed E-state index contributed by atoms with van der Waals surface area (Å²) in [6.45, 7) is 3.79. The molecule has 0 N–H and O–H groups in total. The van der Waals surface area contributed by atoms with Crippen LogP contribution in [-0.2, 0) is 0 Å². The van der Waals surface area contributed by atoms with Crippen molar-refractivity contribution in [3.63, 3.8) is 0 Å². The summed E-state index contributed by atoms with van der Waals surface area (Å²) < 4.78 is 15.5. The number of aromatic nitrogens is 2. The first-order valence-corrected chi connectivity index (χ1v) is 5.85. The average molecular weight is 240 g/mol. The van der Waals surface area contributed by atoms with Gasteiger partial charge in [-0.25, -0.2) is 9.37 Å². The quantitative estimate of drug-likeness (QED) is 0.633. The molecule has 0 aliphatic carbocycles. The molecule has 0 radical (unpaired) electrons. The van der Waals surface area contributed by atoms with Crippen LogP contribution in [0.3, 0.4) is 0 Å². The van der Waals surface area contributed by atoms with E-state index in [0.29, 0.717) is 5.56 Å². The third-order valence-electron chi connectivity index (χ3n) is 3.07. The minimum absolute atomic E-state index is 0.194. The Bertz CT molecular complexity index is 728. The number of rotatable bonds is 1. The Labute approximate surface area is 105 Å². The fraction of sp³-hybridized carbons (Fsp3) is 0.133. The zero-order chi connectivity index (χ0) is 12.7. The van der Waals surface area contributed by atoms with Gasteiger partial charge in [0.05, 0.1) is 5.69 Å². The first-order valence-electron chi connectivity index (χ1n) is 5.85. The monoisotopic (exact) mass is 240 g/mol. The summed E-state index contributed by atoms with van der Waals surface area (Å²) in [6.07, 6.45) is 3.93. The van der Waals surface area contributed by atoms with Gasteiger partial charge in [-0.2, -0.15) is 0 Å². The van der Waals surface area contributed by atoms with Gasteiger partial charge in [0.25, 0.3) is 0 Å². The molecule has 2 nitrogen and oxygen atoms in total. The van der Waals surface area contributed by atoms with Crippen molar-refractivity contribution in [1.82, 2.24) is 9.38 Å². The van der Waals surface area contributed by atoms with Crippen LogP contribution in [0.2, 0.25) is 0 Å². The van der Waals surface area contributed by atoms with Crippen molar-refractivity contribution in [3.8, 4) is 11.3 Å². The van der Waals surface area contributed by atoms with E-state index in [0.717, 1.165) is 16.9 Å². The van der Waals surface area contributed by atoms with E-state index in [9.17, 15) is 4.39 Å². The van der Waals surface area contributed by atoms with Gasteiger partial charge < -0.3 is 4.40 Å². The Morgan fingerprint density at radius 2 is 1.89 bits per heavy atom. The standard InChI is InChI=1S/C15H13FN2/c1-10-3-6-15-17-14(9-18(15)8-10)12-5-4-11(2)13(16)7-12/h3-9H,1-2H3. The Hall–Kier alpha value is -2.16. The summed E-state index contributed by atoms with van der Waals surface area (Å²) in [5.74, 6) is -0.194. The molecule has 3 aromatic rings. The zero-order valence-electron chi connectivity index (χ0n) is 10.3. The third kappa shape index (κ3) is 1.78. The molecular formula is C15H13FN2. The number of pyridine rings is 1. The Morgan fingerprint density at radius 3 is 2.67 bits per heavy atom. The van der Waals surface area contributed by atoms with Crippen LogP contribution in [0.5, 0.6) is 0 Å². The summed E-state index contributed by atoms with van der Waals surface area (Å²) in [5, 5.41) is 0. The maximum absolute atomic E-state index is 13.5. The zero-order valence-corrected chi connectivity index (χ0v) is 10.3. The first-order chi connectivity index (χ1) is 8.63. The molecule has 2 heterocycles. The van der Waals surface area contributed by atoms with Gasteiger partial charge in [-0.3, -0.25) is 0 Å². The molecule has 2 aromatic heterocycles. The Morgan fingerprint density at radius 1 is 1.06 bits per heavy atom. The second-order valence-electron chi connectivity index (χ2n) is 4.56. The Balaban J connectivity index is 2.16. The van der Waals surface area contributed by atoms with Crippen molar-refractivity contribution < 1.29 is 4.39 Å². The van der Waals surface area contributed by atoms with Crippen LogP contribution in [0.15, 0.2) is 42.7 Å². The highest BCUT2D eigenvalue weighted by Gasteiger charge is 2.06. The molecule has 0 unspecified atom stereocenters. The van der Waals surface area contributed by atoms with Crippen LogP contribution in [0.25, 0.3) is 16.9 Å². The lowest BCUT2D eigenvalue weighted by Crippen LogP contribution is -1.84. The lowest BCUT2D eigenvalue weighted by atomic mass is 10.1. The maximum Gasteiger partial charge on any atom is 0.137 e. The highest BCUT2D eigenvalue weighted by Crippen LogP contribution is 2.21. The van der Waals surface area contributed by atoms with Gasteiger partial charge in [0.2, 0.25) is 0 Å². The smallest absolute Gasteiger partial charge is 0.137 e. The lowest BCUT2D eigenvalue weighted by molar-refractivity contribution is 0.619. The van der Waals surface area contributed by atoms with Crippen LogP contribution >= 0.6 is 0 Å². The predicted octanol–water partition coefficient (Wildman–Crippen LogP) is 3.76. The minimum Gasteiger partial charge on any atom is -0.306 e. The van der Waals surface area contributed by atoms with Crippen molar-refractivity contribution in [2.75, 3.05) is 0 Å². The number of imidazole rings is 1. The van der Waals surface area contributed by atoms with Gasteiger partial charge in [-0.05, 0) is 37.1 Å². The number of aryl methyl sites for hydroxylation is 2. The molecule has 0 bridgehead atoms. The van der Waals surface area contributed by atoms with Gasteiger partial charge in [-0.15, -0.1) is 0 Å². The minimum atomic E-state index is -0.194. The molecule has 0 amide bonds. The fourth-order valence-corrected chi connectivity index (χ4v) is 1.99. The van der Waals surface area contributed by atoms with Crippen LogP contribution in [0.4, 0.5) is 4.39 Å². The molecule has 0 fully saturated rings. The van der Waals surface area contributed by atoms with Gasteiger partial charge in [0.15, 0.2) is 0 Å². The van der Waals surface area contributed by atoms with Crippen molar-refractivity contribution in [2.45, 2.75) is 13.8 Å². The second-order valence-corrected chi connectivity index (χ2v) is 4.56. The number of hydrogen-bond acceptors (Lipinski definition) is 1. The van der Waals surface area contributed by atoms with Crippen molar-refractivity contribution in [2.24, 2.45) is 0 Å². The van der Waals surface area contributed by atoms with Crippen molar-refractivity contribution >= 4 is 5.65 Å². The van der Waals surface area contributed by atoms with Gasteiger partial charge in [-0.1, -0.05) is 18.2 Å². The summed E-state index contributed by atoms with van der Waals surface area (Å²) >= 11 is 0. The third-order valence-corrected chi connectivity index (χ3v) is 3.07. The number of fused-ring (bicyclic) bond motifs is 1. The topological polar surface area (TPSA) is 17.3 Å². The lowest BCUT2D eigenvalue weighted by Gasteiger charge is -1.99. The molecule has 3 rings (SSSR count). The van der Waals surface area contributed by atoms with Gasteiger partial charge >= 0.3 is 0 Å². The highest BCUT2D eigenvalue weighted by atomic mass is 19.1. The second kappa shape index (κ2) is 3.95. The van der Waals surface area contributed by atoms with Crippen molar-refractivity contribution in [3.05, 3.63) is 59.7 Å². The molecule has 3 heteroatoms. The van der Waals surface area contributed by atoms with E-state index in [1.807, 2.05) is 41.9 Å². The van der Waals surface area contributed by atoms with Crippen molar-refractivity contribution in [1.29, 1.82) is 0 Å². The normalized spacial score (nSPS) is 11.1.